The van der Waals surface area contributed by atoms with Gasteiger partial charge in [-0.3, -0.25) is 0 Å². The predicted octanol–water partition coefficient (Wildman–Crippen LogP) is 0.811. The van der Waals surface area contributed by atoms with Gasteiger partial charge in [-0.1, -0.05) is 6.07 Å². The SMILES string of the molecule is COc1cc2c(cc1CNCCO)CC(C)NC2. The number of nitrogens with one attached hydrogen (secondary N) is 2. The van der Waals surface area contributed by atoms with Crippen molar-refractivity contribution in [1.29, 1.82) is 0 Å². The second kappa shape index (κ2) is 6.18. The molecule has 4 nitrogen and oxygen atoms in total. The van der Waals surface area contributed by atoms with Crippen molar-refractivity contribution in [2.24, 2.45) is 0 Å². The van der Waals surface area contributed by atoms with E-state index in [2.05, 4.69) is 29.7 Å². The topological polar surface area (TPSA) is 53.5 Å². The summed E-state index contributed by atoms with van der Waals surface area (Å²) in [6, 6.07) is 4.89. The van der Waals surface area contributed by atoms with Gasteiger partial charge in [0.15, 0.2) is 0 Å². The number of fused-ring (bicyclic) bond motifs is 1. The van der Waals surface area contributed by atoms with Gasteiger partial charge in [0.1, 0.15) is 5.75 Å². The summed E-state index contributed by atoms with van der Waals surface area (Å²) >= 11 is 0. The van der Waals surface area contributed by atoms with Crippen LogP contribution < -0.4 is 15.4 Å². The van der Waals surface area contributed by atoms with E-state index < -0.39 is 0 Å². The van der Waals surface area contributed by atoms with E-state index in [4.69, 9.17) is 9.84 Å². The maximum absolute atomic E-state index is 8.80. The molecule has 18 heavy (non-hydrogen) atoms. The second-order valence-electron chi connectivity index (χ2n) is 4.82. The number of aliphatic hydroxyl groups is 1. The third-order valence-electron chi connectivity index (χ3n) is 3.37. The first kappa shape index (κ1) is 13.3. The Morgan fingerprint density at radius 1 is 1.44 bits per heavy atom. The lowest BCUT2D eigenvalue weighted by Crippen LogP contribution is -2.33. The molecule has 1 aliphatic rings. The minimum atomic E-state index is 0.161. The Morgan fingerprint density at radius 2 is 2.28 bits per heavy atom. The van der Waals surface area contributed by atoms with Crippen LogP contribution in [0, 0.1) is 0 Å². The van der Waals surface area contributed by atoms with E-state index in [1.807, 2.05) is 0 Å². The van der Waals surface area contributed by atoms with Crippen molar-refractivity contribution < 1.29 is 9.84 Å². The van der Waals surface area contributed by atoms with Crippen LogP contribution >= 0.6 is 0 Å². The van der Waals surface area contributed by atoms with Gasteiger partial charge in [-0.2, -0.15) is 0 Å². The normalized spacial score (nSPS) is 18.5. The third kappa shape index (κ3) is 3.02. The fourth-order valence-electron chi connectivity index (χ4n) is 2.39. The number of rotatable bonds is 5. The van der Waals surface area contributed by atoms with Gasteiger partial charge in [-0.25, -0.2) is 0 Å². The molecule has 1 unspecified atom stereocenters. The zero-order valence-electron chi connectivity index (χ0n) is 11.1. The highest BCUT2D eigenvalue weighted by Gasteiger charge is 2.17. The van der Waals surface area contributed by atoms with Gasteiger partial charge in [0.05, 0.1) is 13.7 Å². The van der Waals surface area contributed by atoms with Gasteiger partial charge in [0.2, 0.25) is 0 Å². The predicted molar refractivity (Wildman–Crippen MR) is 71.8 cm³/mol. The van der Waals surface area contributed by atoms with Crippen molar-refractivity contribution in [3.8, 4) is 5.75 Å². The fraction of sp³-hybridized carbons (Fsp3) is 0.571. The standard InChI is InChI=1S/C14H22N2O2/c1-10-5-11-6-13(8-15-3-4-17)14(18-2)7-12(11)9-16-10/h6-7,10,15-17H,3-5,8-9H2,1-2H3. The molecule has 0 fully saturated rings. The number of methoxy groups -OCH3 is 1. The molecular weight excluding hydrogens is 228 g/mol. The molecule has 1 heterocycles. The van der Waals surface area contributed by atoms with Gasteiger partial charge < -0.3 is 20.5 Å². The first-order valence-corrected chi connectivity index (χ1v) is 6.48. The Hall–Kier alpha value is -1.10. The van der Waals surface area contributed by atoms with E-state index in [-0.39, 0.29) is 6.61 Å². The number of ether oxygens (including phenoxy) is 1. The summed E-state index contributed by atoms with van der Waals surface area (Å²) in [6.07, 6.45) is 1.06. The van der Waals surface area contributed by atoms with Crippen LogP contribution in [0.1, 0.15) is 23.6 Å². The van der Waals surface area contributed by atoms with Crippen LogP contribution in [0.25, 0.3) is 0 Å². The van der Waals surface area contributed by atoms with Crippen molar-refractivity contribution in [2.75, 3.05) is 20.3 Å². The van der Waals surface area contributed by atoms with Crippen molar-refractivity contribution >= 4 is 0 Å². The van der Waals surface area contributed by atoms with Crippen molar-refractivity contribution in [3.63, 3.8) is 0 Å². The molecule has 0 spiro atoms. The quantitative estimate of drug-likeness (QED) is 0.677. The summed E-state index contributed by atoms with van der Waals surface area (Å²) in [4.78, 5) is 0. The highest BCUT2D eigenvalue weighted by molar-refractivity contribution is 5.44. The lowest BCUT2D eigenvalue weighted by Gasteiger charge is -2.25. The van der Waals surface area contributed by atoms with Gasteiger partial charge in [0, 0.05) is 31.2 Å². The zero-order valence-corrected chi connectivity index (χ0v) is 11.1. The molecule has 0 aromatic heterocycles. The van der Waals surface area contributed by atoms with E-state index in [1.165, 1.54) is 16.7 Å². The van der Waals surface area contributed by atoms with E-state index in [0.717, 1.165) is 25.3 Å². The molecule has 0 aliphatic carbocycles. The first-order valence-electron chi connectivity index (χ1n) is 6.48. The minimum Gasteiger partial charge on any atom is -0.496 e. The van der Waals surface area contributed by atoms with Crippen molar-refractivity contribution in [1.82, 2.24) is 10.6 Å². The lowest BCUT2D eigenvalue weighted by molar-refractivity contribution is 0.291. The summed E-state index contributed by atoms with van der Waals surface area (Å²) < 4.78 is 5.44. The van der Waals surface area contributed by atoms with Gasteiger partial charge >= 0.3 is 0 Å². The number of hydrogen-bond donors (Lipinski definition) is 3. The molecule has 0 saturated heterocycles. The molecule has 0 bridgehead atoms. The van der Waals surface area contributed by atoms with Gasteiger partial charge in [-0.15, -0.1) is 0 Å². The molecule has 1 atom stereocenters. The second-order valence-corrected chi connectivity index (χ2v) is 4.82. The van der Waals surface area contributed by atoms with E-state index in [9.17, 15) is 0 Å². The summed E-state index contributed by atoms with van der Waals surface area (Å²) in [5, 5.41) is 15.5. The molecule has 1 aliphatic heterocycles. The summed E-state index contributed by atoms with van der Waals surface area (Å²) in [5.74, 6) is 0.926. The summed E-state index contributed by atoms with van der Waals surface area (Å²) in [6.45, 7) is 4.62. The maximum Gasteiger partial charge on any atom is 0.123 e. The minimum absolute atomic E-state index is 0.161. The molecule has 100 valence electrons. The Morgan fingerprint density at radius 3 is 3.00 bits per heavy atom. The Balaban J connectivity index is 2.19. The van der Waals surface area contributed by atoms with Crippen molar-refractivity contribution in [2.45, 2.75) is 32.5 Å². The third-order valence-corrected chi connectivity index (χ3v) is 3.37. The van der Waals surface area contributed by atoms with Crippen LogP contribution in [-0.2, 0) is 19.5 Å². The Kier molecular flexibility index (Phi) is 4.58. The monoisotopic (exact) mass is 250 g/mol. The molecular formula is C14H22N2O2. The van der Waals surface area contributed by atoms with Crippen LogP contribution in [0.15, 0.2) is 12.1 Å². The van der Waals surface area contributed by atoms with Crippen LogP contribution in [0.4, 0.5) is 0 Å². The molecule has 2 rings (SSSR count). The van der Waals surface area contributed by atoms with Crippen LogP contribution in [-0.4, -0.2) is 31.4 Å². The molecule has 4 heteroatoms. The lowest BCUT2D eigenvalue weighted by atomic mass is 9.94. The summed E-state index contributed by atoms with van der Waals surface area (Å²) in [7, 11) is 1.70. The maximum atomic E-state index is 8.80. The van der Waals surface area contributed by atoms with Crippen molar-refractivity contribution in [3.05, 3.63) is 28.8 Å². The number of benzene rings is 1. The highest BCUT2D eigenvalue weighted by Crippen LogP contribution is 2.26. The van der Waals surface area contributed by atoms with Gasteiger partial charge in [0.25, 0.3) is 0 Å². The smallest absolute Gasteiger partial charge is 0.123 e. The fourth-order valence-corrected chi connectivity index (χ4v) is 2.39. The average molecular weight is 250 g/mol. The Bertz CT molecular complexity index is 407. The van der Waals surface area contributed by atoms with E-state index >= 15 is 0 Å². The Labute approximate surface area is 108 Å². The van der Waals surface area contributed by atoms with Crippen LogP contribution in [0.3, 0.4) is 0 Å². The zero-order chi connectivity index (χ0) is 13.0. The molecule has 0 radical (unpaired) electrons. The first-order chi connectivity index (χ1) is 8.74. The molecule has 0 saturated carbocycles. The average Bonchev–Trinajstić information content (AvgIpc) is 2.38. The van der Waals surface area contributed by atoms with E-state index in [1.54, 1.807) is 7.11 Å². The molecule has 1 aromatic rings. The summed E-state index contributed by atoms with van der Waals surface area (Å²) in [5.41, 5.74) is 3.90. The molecule has 0 amide bonds. The van der Waals surface area contributed by atoms with Crippen LogP contribution in [0.2, 0.25) is 0 Å². The molecule has 3 N–H and O–H groups in total. The van der Waals surface area contributed by atoms with Crippen LogP contribution in [0.5, 0.6) is 5.75 Å². The largest absolute Gasteiger partial charge is 0.496 e. The highest BCUT2D eigenvalue weighted by atomic mass is 16.5. The molecule has 1 aromatic carbocycles. The van der Waals surface area contributed by atoms with E-state index in [0.29, 0.717) is 12.6 Å². The number of hydrogen-bond acceptors (Lipinski definition) is 4. The number of aliphatic hydroxyl groups excluding tert-OH is 1. The van der Waals surface area contributed by atoms with Gasteiger partial charge in [-0.05, 0) is 30.5 Å².